The minimum Gasteiger partial charge on any atom is -0.508 e. The lowest BCUT2D eigenvalue weighted by atomic mass is 9.97. The molecule has 1 aliphatic rings. The van der Waals surface area contributed by atoms with Gasteiger partial charge in [0.25, 0.3) is 0 Å². The fourth-order valence-corrected chi connectivity index (χ4v) is 2.61. The Morgan fingerprint density at radius 1 is 1.33 bits per heavy atom. The molecule has 4 heteroatoms. The lowest BCUT2D eigenvalue weighted by Crippen LogP contribution is -2.34. The maximum absolute atomic E-state index is 13.2. The van der Waals surface area contributed by atoms with Crippen LogP contribution in [0.25, 0.3) is 0 Å². The summed E-state index contributed by atoms with van der Waals surface area (Å²) in [4.78, 5) is 2.20. The standard InChI is InChI=1S/C14H21FN2O/c1-17(9-11-2-4-16-5-3-11)10-12-6-13(15)8-14(18)7-12/h6-8,11,16,18H,2-5,9-10H2,1H3. The maximum atomic E-state index is 13.2. The second kappa shape index (κ2) is 6.16. The van der Waals surface area contributed by atoms with Crippen LogP contribution in [0.2, 0.25) is 0 Å². The number of nitrogens with zero attached hydrogens (tertiary/aromatic N) is 1. The fourth-order valence-electron chi connectivity index (χ4n) is 2.61. The number of aromatic hydroxyl groups is 1. The van der Waals surface area contributed by atoms with E-state index in [2.05, 4.69) is 10.2 Å². The highest BCUT2D eigenvalue weighted by atomic mass is 19.1. The SMILES string of the molecule is CN(Cc1cc(O)cc(F)c1)CC1CCNCC1. The molecule has 1 heterocycles. The molecule has 0 amide bonds. The third-order valence-electron chi connectivity index (χ3n) is 3.42. The van der Waals surface area contributed by atoms with Crippen molar-refractivity contribution >= 4 is 0 Å². The van der Waals surface area contributed by atoms with Crippen LogP contribution in [0.1, 0.15) is 18.4 Å². The van der Waals surface area contributed by atoms with Crippen LogP contribution < -0.4 is 5.32 Å². The van der Waals surface area contributed by atoms with E-state index in [1.165, 1.54) is 18.9 Å². The minimum absolute atomic E-state index is 0.000247. The number of halogens is 1. The highest BCUT2D eigenvalue weighted by molar-refractivity contribution is 5.28. The van der Waals surface area contributed by atoms with E-state index in [-0.39, 0.29) is 11.6 Å². The van der Waals surface area contributed by atoms with Gasteiger partial charge in [0.05, 0.1) is 0 Å². The summed E-state index contributed by atoms with van der Waals surface area (Å²) in [5.41, 5.74) is 0.823. The number of hydrogen-bond acceptors (Lipinski definition) is 3. The normalized spacial score (nSPS) is 17.3. The Balaban J connectivity index is 1.87. The Morgan fingerprint density at radius 2 is 2.06 bits per heavy atom. The molecule has 2 rings (SSSR count). The molecule has 0 unspecified atom stereocenters. The van der Waals surface area contributed by atoms with Crippen LogP contribution in [0.5, 0.6) is 5.75 Å². The molecule has 1 saturated heterocycles. The van der Waals surface area contributed by atoms with E-state index in [1.807, 2.05) is 7.05 Å². The van der Waals surface area contributed by atoms with Crippen LogP contribution in [-0.2, 0) is 6.54 Å². The van der Waals surface area contributed by atoms with Crippen molar-refractivity contribution in [3.8, 4) is 5.75 Å². The van der Waals surface area contributed by atoms with Crippen LogP contribution in [0.4, 0.5) is 4.39 Å². The Bertz CT molecular complexity index is 371. The molecule has 1 aliphatic heterocycles. The molecule has 0 radical (unpaired) electrons. The Labute approximate surface area is 108 Å². The summed E-state index contributed by atoms with van der Waals surface area (Å²) < 4.78 is 13.2. The van der Waals surface area contributed by atoms with Gasteiger partial charge >= 0.3 is 0 Å². The average Bonchev–Trinajstić information content (AvgIpc) is 2.28. The van der Waals surface area contributed by atoms with Crippen LogP contribution in [0.15, 0.2) is 18.2 Å². The number of nitrogens with one attached hydrogen (secondary N) is 1. The summed E-state index contributed by atoms with van der Waals surface area (Å²) in [5.74, 6) is 0.346. The summed E-state index contributed by atoms with van der Waals surface area (Å²) in [6.45, 7) is 3.90. The minimum atomic E-state index is -0.375. The lowest BCUT2D eigenvalue weighted by molar-refractivity contribution is 0.234. The van der Waals surface area contributed by atoms with Gasteiger partial charge in [-0.1, -0.05) is 0 Å². The van der Waals surface area contributed by atoms with Crippen molar-refractivity contribution < 1.29 is 9.50 Å². The van der Waals surface area contributed by atoms with Gasteiger partial charge in [-0.25, -0.2) is 4.39 Å². The van der Waals surface area contributed by atoms with Crippen molar-refractivity contribution in [2.24, 2.45) is 5.92 Å². The van der Waals surface area contributed by atoms with Crippen molar-refractivity contribution in [3.63, 3.8) is 0 Å². The van der Waals surface area contributed by atoms with E-state index in [4.69, 9.17) is 0 Å². The third kappa shape index (κ3) is 3.96. The molecule has 0 saturated carbocycles. The molecule has 3 nitrogen and oxygen atoms in total. The van der Waals surface area contributed by atoms with Gasteiger partial charge in [0.15, 0.2) is 0 Å². The molecule has 1 fully saturated rings. The van der Waals surface area contributed by atoms with Gasteiger partial charge in [-0.15, -0.1) is 0 Å². The van der Waals surface area contributed by atoms with Crippen molar-refractivity contribution in [1.82, 2.24) is 10.2 Å². The van der Waals surface area contributed by atoms with Gasteiger partial charge in [-0.05, 0) is 56.6 Å². The van der Waals surface area contributed by atoms with Gasteiger partial charge in [0.2, 0.25) is 0 Å². The molecule has 1 aromatic carbocycles. The molecule has 100 valence electrons. The molecule has 0 aliphatic carbocycles. The summed E-state index contributed by atoms with van der Waals surface area (Å²) in [5, 5.41) is 12.7. The first-order valence-electron chi connectivity index (χ1n) is 6.51. The van der Waals surface area contributed by atoms with E-state index in [1.54, 1.807) is 6.07 Å². The molecule has 1 aromatic rings. The molecule has 2 N–H and O–H groups in total. The molecular weight excluding hydrogens is 231 g/mol. The monoisotopic (exact) mass is 252 g/mol. The lowest BCUT2D eigenvalue weighted by Gasteiger charge is -2.27. The van der Waals surface area contributed by atoms with Crippen LogP contribution in [0.3, 0.4) is 0 Å². The number of benzene rings is 1. The van der Waals surface area contributed by atoms with E-state index in [0.29, 0.717) is 6.54 Å². The summed E-state index contributed by atoms with van der Waals surface area (Å²) in [6, 6.07) is 4.25. The van der Waals surface area contributed by atoms with Crippen LogP contribution >= 0.6 is 0 Å². The van der Waals surface area contributed by atoms with E-state index in [0.717, 1.165) is 37.2 Å². The van der Waals surface area contributed by atoms with Gasteiger partial charge in [-0.3, -0.25) is 0 Å². The zero-order valence-corrected chi connectivity index (χ0v) is 10.8. The van der Waals surface area contributed by atoms with E-state index in [9.17, 15) is 9.50 Å². The number of hydrogen-bond donors (Lipinski definition) is 2. The molecule has 0 aromatic heterocycles. The summed E-state index contributed by atoms with van der Waals surface area (Å²) in [6.07, 6.45) is 2.41. The Kier molecular flexibility index (Phi) is 4.55. The quantitative estimate of drug-likeness (QED) is 0.860. The zero-order chi connectivity index (χ0) is 13.0. The van der Waals surface area contributed by atoms with Crippen molar-refractivity contribution in [1.29, 1.82) is 0 Å². The van der Waals surface area contributed by atoms with E-state index < -0.39 is 0 Å². The predicted octanol–water partition coefficient (Wildman–Crippen LogP) is 1.96. The van der Waals surface area contributed by atoms with Gasteiger partial charge < -0.3 is 15.3 Å². The molecule has 0 spiro atoms. The summed E-state index contributed by atoms with van der Waals surface area (Å²) in [7, 11) is 2.05. The van der Waals surface area contributed by atoms with Crippen LogP contribution in [-0.4, -0.2) is 36.7 Å². The van der Waals surface area contributed by atoms with Gasteiger partial charge in [0.1, 0.15) is 11.6 Å². The molecular formula is C14H21FN2O. The highest BCUT2D eigenvalue weighted by Crippen LogP contribution is 2.18. The topological polar surface area (TPSA) is 35.5 Å². The van der Waals surface area contributed by atoms with Gasteiger partial charge in [0, 0.05) is 19.2 Å². The number of piperidine rings is 1. The van der Waals surface area contributed by atoms with Crippen molar-refractivity contribution in [2.75, 3.05) is 26.7 Å². The first kappa shape index (κ1) is 13.3. The maximum Gasteiger partial charge on any atom is 0.127 e. The van der Waals surface area contributed by atoms with E-state index >= 15 is 0 Å². The first-order valence-corrected chi connectivity index (χ1v) is 6.51. The van der Waals surface area contributed by atoms with Crippen molar-refractivity contribution in [2.45, 2.75) is 19.4 Å². The largest absolute Gasteiger partial charge is 0.508 e. The highest BCUT2D eigenvalue weighted by Gasteiger charge is 2.15. The second-order valence-electron chi connectivity index (χ2n) is 5.21. The fraction of sp³-hybridized carbons (Fsp3) is 0.571. The molecule has 18 heavy (non-hydrogen) atoms. The first-order chi connectivity index (χ1) is 8.63. The van der Waals surface area contributed by atoms with Gasteiger partial charge in [-0.2, -0.15) is 0 Å². The third-order valence-corrected chi connectivity index (χ3v) is 3.42. The Morgan fingerprint density at radius 3 is 2.72 bits per heavy atom. The molecule has 0 atom stereocenters. The Hall–Kier alpha value is -1.13. The average molecular weight is 252 g/mol. The molecule has 0 bridgehead atoms. The smallest absolute Gasteiger partial charge is 0.127 e. The number of phenols is 1. The second-order valence-corrected chi connectivity index (χ2v) is 5.21. The predicted molar refractivity (Wildman–Crippen MR) is 70.0 cm³/mol. The van der Waals surface area contributed by atoms with Crippen molar-refractivity contribution in [3.05, 3.63) is 29.6 Å². The van der Waals surface area contributed by atoms with Crippen LogP contribution in [0, 0.1) is 11.7 Å². The zero-order valence-electron chi connectivity index (χ0n) is 10.8. The number of phenolic OH excluding ortho intramolecular Hbond substituents is 1. The number of rotatable bonds is 4. The summed E-state index contributed by atoms with van der Waals surface area (Å²) >= 11 is 0.